The highest BCUT2D eigenvalue weighted by Crippen LogP contribution is 2.44. The summed E-state index contributed by atoms with van der Waals surface area (Å²) in [7, 11) is 0. The molecule has 0 radical (unpaired) electrons. The van der Waals surface area contributed by atoms with Gasteiger partial charge in [0.2, 0.25) is 0 Å². The lowest BCUT2D eigenvalue weighted by atomic mass is 9.99. The van der Waals surface area contributed by atoms with Crippen molar-refractivity contribution >= 4 is 65.6 Å². The molecule has 0 saturated heterocycles. The third-order valence-electron chi connectivity index (χ3n) is 9.00. The van der Waals surface area contributed by atoms with Gasteiger partial charge in [0.25, 0.3) is 0 Å². The van der Waals surface area contributed by atoms with Gasteiger partial charge in [0.1, 0.15) is 11.2 Å². The molecule has 0 atom stereocenters. The zero-order valence-electron chi connectivity index (χ0n) is 28.9. The molecule has 3 nitrogen and oxygen atoms in total. The molecule has 0 fully saturated rings. The first-order valence-corrected chi connectivity index (χ1v) is 15.0. The van der Waals surface area contributed by atoms with E-state index in [-0.39, 0.29) is 29.7 Å². The maximum Gasteiger partial charge on any atom is 0.137 e. The molecule has 0 aliphatic carbocycles. The highest BCUT2D eigenvalue weighted by molar-refractivity contribution is 6.17. The van der Waals surface area contributed by atoms with Crippen molar-refractivity contribution in [2.75, 3.05) is 0 Å². The lowest BCUT2D eigenvalue weighted by Crippen LogP contribution is -1.99. The van der Waals surface area contributed by atoms with Crippen LogP contribution in [0, 0.1) is 0 Å². The van der Waals surface area contributed by atoms with Crippen molar-refractivity contribution in [3.05, 3.63) is 158 Å². The molecule has 0 saturated carbocycles. The molecule has 3 heterocycles. The number of benzene rings is 7. The molecule has 0 aliphatic rings. The second kappa shape index (κ2) is 9.22. The summed E-state index contributed by atoms with van der Waals surface area (Å²) in [5, 5.41) is 6.11. The van der Waals surface area contributed by atoms with Gasteiger partial charge in [-0.2, -0.15) is 0 Å². The molecule has 0 aliphatic heterocycles. The van der Waals surface area contributed by atoms with Crippen LogP contribution in [0.5, 0.6) is 0 Å². The smallest absolute Gasteiger partial charge is 0.137 e. The largest absolute Gasteiger partial charge is 0.456 e. The predicted molar refractivity (Wildman–Crippen MR) is 188 cm³/mol. The molecule has 3 aromatic heterocycles. The van der Waals surface area contributed by atoms with Crippen LogP contribution in [0.4, 0.5) is 0 Å². The van der Waals surface area contributed by atoms with E-state index in [9.17, 15) is 0 Å². The van der Waals surface area contributed by atoms with Gasteiger partial charge in [-0.1, -0.05) is 103 Å². The first-order chi connectivity index (χ1) is 24.4. The van der Waals surface area contributed by atoms with Crippen LogP contribution in [-0.2, 0) is 0 Å². The van der Waals surface area contributed by atoms with Crippen LogP contribution in [-0.4, -0.2) is 9.13 Å². The number of nitrogens with zero attached hydrogens (tertiary/aromatic N) is 2. The van der Waals surface area contributed by atoms with Crippen LogP contribution in [0.2, 0.25) is 0 Å². The van der Waals surface area contributed by atoms with Crippen molar-refractivity contribution in [2.24, 2.45) is 0 Å². The predicted octanol–water partition coefficient (Wildman–Crippen LogP) is 11.4. The van der Waals surface area contributed by atoms with E-state index in [1.54, 1.807) is 0 Å². The molecule has 10 aromatic rings. The highest BCUT2D eigenvalue weighted by Gasteiger charge is 2.22. The van der Waals surface area contributed by atoms with Gasteiger partial charge in [-0.25, -0.2) is 0 Å². The van der Waals surface area contributed by atoms with Gasteiger partial charge < -0.3 is 13.6 Å². The Kier molecular flexibility index (Phi) is 4.10. The molecular weight excluding hydrogens is 548 g/mol. The second-order valence-corrected chi connectivity index (χ2v) is 11.4. The number of furan rings is 1. The minimum Gasteiger partial charge on any atom is -0.456 e. The standard InChI is InChI=1S/C42H26N2O/c1-2-12-27(13-3-1)29-23-25-40-41(33-17-7-11-21-39(33)45-40)42(29)44-37-20-10-6-16-32(37)34-26-28(22-24-38(34)44)43-35-18-8-4-14-30(35)31-15-5-9-19-36(31)43/h1-26H/i1D,2D,3D,12D,13D. The fourth-order valence-corrected chi connectivity index (χ4v) is 7.16. The molecule has 10 rings (SSSR count). The third-order valence-corrected chi connectivity index (χ3v) is 9.00. The number of hydrogen-bond acceptors (Lipinski definition) is 1. The number of rotatable bonds is 3. The molecule has 0 spiro atoms. The highest BCUT2D eigenvalue weighted by atomic mass is 16.3. The summed E-state index contributed by atoms with van der Waals surface area (Å²) in [4.78, 5) is 0. The summed E-state index contributed by atoms with van der Waals surface area (Å²) in [5.41, 5.74) is 7.82. The van der Waals surface area contributed by atoms with Gasteiger partial charge >= 0.3 is 0 Å². The van der Waals surface area contributed by atoms with Gasteiger partial charge in [0.15, 0.2) is 0 Å². The quantitative estimate of drug-likeness (QED) is 0.204. The fourth-order valence-electron chi connectivity index (χ4n) is 7.16. The van der Waals surface area contributed by atoms with Gasteiger partial charge in [0.05, 0.1) is 40.0 Å². The minimum atomic E-state index is -0.422. The van der Waals surface area contributed by atoms with Crippen LogP contribution >= 0.6 is 0 Å². The maximum absolute atomic E-state index is 8.99. The Labute approximate surface area is 265 Å². The maximum atomic E-state index is 8.99. The van der Waals surface area contributed by atoms with Crippen LogP contribution in [0.25, 0.3) is 88.1 Å². The summed E-state index contributed by atoms with van der Waals surface area (Å²) in [6, 6.07) is 41.4. The van der Waals surface area contributed by atoms with Gasteiger partial charge in [-0.15, -0.1) is 0 Å². The Bertz CT molecular complexity index is 2980. The monoisotopic (exact) mass is 579 g/mol. The molecule has 45 heavy (non-hydrogen) atoms. The molecule has 7 aromatic carbocycles. The van der Waals surface area contributed by atoms with E-state index in [1.807, 2.05) is 48.5 Å². The number of aromatic nitrogens is 2. The van der Waals surface area contributed by atoms with E-state index in [4.69, 9.17) is 11.3 Å². The molecule has 0 N–H and O–H groups in total. The normalized spacial score (nSPS) is 13.6. The van der Waals surface area contributed by atoms with Gasteiger partial charge in [0, 0.05) is 38.2 Å². The molecule has 3 heteroatoms. The average molecular weight is 580 g/mol. The third kappa shape index (κ3) is 3.41. The van der Waals surface area contributed by atoms with Crippen molar-refractivity contribution in [1.29, 1.82) is 0 Å². The van der Waals surface area contributed by atoms with E-state index in [2.05, 4.69) is 88.0 Å². The Balaban J connectivity index is 1.36. The number of fused-ring (bicyclic) bond motifs is 9. The van der Waals surface area contributed by atoms with E-state index in [0.29, 0.717) is 22.4 Å². The summed E-state index contributed by atoms with van der Waals surface area (Å²) < 4.78 is 54.2. The van der Waals surface area contributed by atoms with Crippen LogP contribution < -0.4 is 0 Å². The average Bonchev–Trinajstić information content (AvgIpc) is 3.81. The molecule has 0 amide bonds. The SMILES string of the molecule is [2H]c1c([2H])c([2H])c(-c2ccc3oc4ccccc4c3c2-n2c3ccccc3c3cc(-n4c5ccccc5c5ccccc54)ccc32)c([2H])c1[2H]. The lowest BCUT2D eigenvalue weighted by molar-refractivity contribution is 0.669. The molecule has 0 unspecified atom stereocenters. The molecular formula is C42H26N2O. The van der Waals surface area contributed by atoms with Gasteiger partial charge in [-0.3, -0.25) is 0 Å². The van der Waals surface area contributed by atoms with Crippen molar-refractivity contribution in [3.63, 3.8) is 0 Å². The van der Waals surface area contributed by atoms with E-state index in [1.165, 1.54) is 10.8 Å². The van der Waals surface area contributed by atoms with Crippen molar-refractivity contribution in [1.82, 2.24) is 9.13 Å². The van der Waals surface area contributed by atoms with Crippen molar-refractivity contribution in [3.8, 4) is 22.5 Å². The summed E-state index contributed by atoms with van der Waals surface area (Å²) >= 11 is 0. The second-order valence-electron chi connectivity index (χ2n) is 11.4. The zero-order chi connectivity index (χ0) is 33.8. The van der Waals surface area contributed by atoms with E-state index >= 15 is 0 Å². The van der Waals surface area contributed by atoms with Crippen LogP contribution in [0.15, 0.2) is 162 Å². The van der Waals surface area contributed by atoms with Crippen molar-refractivity contribution < 1.29 is 11.3 Å². The number of hydrogen-bond donors (Lipinski definition) is 0. The van der Waals surface area contributed by atoms with E-state index < -0.39 is 6.04 Å². The first kappa shape index (κ1) is 20.0. The Hall–Kier alpha value is -6.06. The fraction of sp³-hybridized carbons (Fsp3) is 0. The van der Waals surface area contributed by atoms with Crippen LogP contribution in [0.1, 0.15) is 6.85 Å². The van der Waals surface area contributed by atoms with E-state index in [0.717, 1.165) is 49.3 Å². The molecule has 0 bridgehead atoms. The molecule has 210 valence electrons. The topological polar surface area (TPSA) is 23.0 Å². The summed E-state index contributed by atoms with van der Waals surface area (Å²) in [5.74, 6) is 0. The first-order valence-electron chi connectivity index (χ1n) is 17.5. The van der Waals surface area contributed by atoms with Gasteiger partial charge in [-0.05, 0) is 60.2 Å². The minimum absolute atomic E-state index is 0.144. The number of para-hydroxylation sites is 4. The Morgan fingerprint density at radius 1 is 0.467 bits per heavy atom. The van der Waals surface area contributed by atoms with Crippen LogP contribution in [0.3, 0.4) is 0 Å². The van der Waals surface area contributed by atoms with Crippen molar-refractivity contribution in [2.45, 2.75) is 0 Å². The summed E-state index contributed by atoms with van der Waals surface area (Å²) in [6.07, 6.45) is 0. The zero-order valence-corrected chi connectivity index (χ0v) is 23.9. The lowest BCUT2D eigenvalue weighted by Gasteiger charge is -2.16. The Morgan fingerprint density at radius 2 is 1.04 bits per heavy atom. The summed E-state index contributed by atoms with van der Waals surface area (Å²) in [6.45, 7) is 0. The Morgan fingerprint density at radius 3 is 1.76 bits per heavy atom.